The quantitative estimate of drug-likeness (QED) is 0.363. The summed E-state index contributed by atoms with van der Waals surface area (Å²) in [6.07, 6.45) is 0. The third-order valence-corrected chi connectivity index (χ3v) is 3.65. The fourth-order valence-corrected chi connectivity index (χ4v) is 2.78. The van der Waals surface area contributed by atoms with E-state index >= 15 is 0 Å². The zero-order valence-corrected chi connectivity index (χ0v) is 10.1. The van der Waals surface area contributed by atoms with Gasteiger partial charge in [0.2, 0.25) is 0 Å². The SMILES string of the molecule is [N-]=[N+]=Nc1ccccc1-c1nc2ccccc2s1. The third kappa shape index (κ3) is 1.82. The Hall–Kier alpha value is -2.36. The molecule has 1 heterocycles. The van der Waals surface area contributed by atoms with E-state index in [4.69, 9.17) is 5.53 Å². The molecule has 2 aromatic carbocycles. The smallest absolute Gasteiger partial charge is 0.125 e. The Morgan fingerprint density at radius 1 is 1.06 bits per heavy atom. The first kappa shape index (κ1) is 10.8. The van der Waals surface area contributed by atoms with Crippen molar-refractivity contribution in [1.29, 1.82) is 0 Å². The lowest BCUT2D eigenvalue weighted by molar-refractivity contribution is 1.43. The van der Waals surface area contributed by atoms with Gasteiger partial charge in [-0.2, -0.15) is 0 Å². The number of para-hydroxylation sites is 1. The Morgan fingerprint density at radius 3 is 2.67 bits per heavy atom. The highest BCUT2D eigenvalue weighted by Crippen LogP contribution is 2.35. The Balaban J connectivity index is 2.22. The summed E-state index contributed by atoms with van der Waals surface area (Å²) in [6, 6.07) is 15.4. The Kier molecular flexibility index (Phi) is 2.68. The molecule has 18 heavy (non-hydrogen) atoms. The van der Waals surface area contributed by atoms with Crippen LogP contribution in [0.2, 0.25) is 0 Å². The number of fused-ring (bicyclic) bond motifs is 1. The summed E-state index contributed by atoms with van der Waals surface area (Å²) in [4.78, 5) is 7.41. The second-order valence-corrected chi connectivity index (χ2v) is 4.72. The van der Waals surface area contributed by atoms with E-state index in [1.54, 1.807) is 17.4 Å². The van der Waals surface area contributed by atoms with Gasteiger partial charge in [-0.15, -0.1) is 11.3 Å². The van der Waals surface area contributed by atoms with Crippen LogP contribution in [0.3, 0.4) is 0 Å². The highest BCUT2D eigenvalue weighted by molar-refractivity contribution is 7.21. The predicted octanol–water partition coefficient (Wildman–Crippen LogP) is 4.91. The molecule has 0 N–H and O–H groups in total. The van der Waals surface area contributed by atoms with E-state index in [1.165, 1.54) is 0 Å². The van der Waals surface area contributed by atoms with Gasteiger partial charge in [0.15, 0.2) is 0 Å². The maximum Gasteiger partial charge on any atom is 0.125 e. The van der Waals surface area contributed by atoms with Gasteiger partial charge in [0, 0.05) is 16.2 Å². The number of azide groups is 1. The standard InChI is InChI=1S/C13H8N4S/c14-17-16-10-6-2-1-5-9(10)13-15-11-7-3-4-8-12(11)18-13/h1-8H. The second kappa shape index (κ2) is 4.49. The van der Waals surface area contributed by atoms with Crippen molar-refractivity contribution in [1.82, 2.24) is 4.98 Å². The number of aromatic nitrogens is 1. The average molecular weight is 252 g/mol. The van der Waals surface area contributed by atoms with Crippen LogP contribution in [0.25, 0.3) is 31.2 Å². The highest BCUT2D eigenvalue weighted by Gasteiger charge is 2.08. The molecular formula is C13H8N4S. The topological polar surface area (TPSA) is 61.7 Å². The molecule has 1 aromatic heterocycles. The summed E-state index contributed by atoms with van der Waals surface area (Å²) >= 11 is 1.60. The number of hydrogen-bond acceptors (Lipinski definition) is 3. The van der Waals surface area contributed by atoms with Crippen LogP contribution in [0.4, 0.5) is 5.69 Å². The van der Waals surface area contributed by atoms with Gasteiger partial charge in [0.25, 0.3) is 0 Å². The molecule has 3 rings (SSSR count). The van der Waals surface area contributed by atoms with Crippen LogP contribution < -0.4 is 0 Å². The molecule has 0 aliphatic carbocycles. The monoisotopic (exact) mass is 252 g/mol. The second-order valence-electron chi connectivity index (χ2n) is 3.69. The number of rotatable bonds is 2. The zero-order valence-electron chi connectivity index (χ0n) is 9.32. The lowest BCUT2D eigenvalue weighted by Crippen LogP contribution is -1.76. The Labute approximate surface area is 107 Å². The van der Waals surface area contributed by atoms with Crippen LogP contribution in [-0.4, -0.2) is 4.98 Å². The van der Waals surface area contributed by atoms with Crippen molar-refractivity contribution in [3.63, 3.8) is 0 Å². The lowest BCUT2D eigenvalue weighted by atomic mass is 10.2. The van der Waals surface area contributed by atoms with E-state index in [-0.39, 0.29) is 0 Å². The first-order valence-electron chi connectivity index (χ1n) is 5.38. The molecule has 0 saturated heterocycles. The third-order valence-electron chi connectivity index (χ3n) is 2.58. The maximum atomic E-state index is 8.57. The normalized spacial score (nSPS) is 10.2. The molecule has 4 nitrogen and oxygen atoms in total. The largest absolute Gasteiger partial charge is 0.236 e. The van der Waals surface area contributed by atoms with Gasteiger partial charge in [-0.25, -0.2) is 4.98 Å². The molecular weight excluding hydrogens is 244 g/mol. The van der Waals surface area contributed by atoms with Crippen molar-refractivity contribution in [2.45, 2.75) is 0 Å². The van der Waals surface area contributed by atoms with Gasteiger partial charge >= 0.3 is 0 Å². The minimum atomic E-state index is 0.610. The van der Waals surface area contributed by atoms with E-state index in [9.17, 15) is 0 Å². The fraction of sp³-hybridized carbons (Fsp3) is 0. The van der Waals surface area contributed by atoms with Crippen molar-refractivity contribution in [3.8, 4) is 10.6 Å². The van der Waals surface area contributed by atoms with Crippen LogP contribution in [0.5, 0.6) is 0 Å². The lowest BCUT2D eigenvalue weighted by Gasteiger charge is -1.99. The summed E-state index contributed by atoms with van der Waals surface area (Å²) < 4.78 is 1.13. The van der Waals surface area contributed by atoms with Gasteiger partial charge in [-0.05, 0) is 17.7 Å². The molecule has 0 atom stereocenters. The van der Waals surface area contributed by atoms with E-state index in [1.807, 2.05) is 42.5 Å². The maximum absolute atomic E-state index is 8.57. The Bertz CT molecular complexity index is 723. The van der Waals surface area contributed by atoms with Crippen LogP contribution in [0, 0.1) is 0 Å². The Morgan fingerprint density at radius 2 is 1.83 bits per heavy atom. The van der Waals surface area contributed by atoms with Gasteiger partial charge in [-0.1, -0.05) is 41.5 Å². The summed E-state index contributed by atoms with van der Waals surface area (Å²) in [6.45, 7) is 0. The molecule has 0 unspecified atom stereocenters. The summed E-state index contributed by atoms with van der Waals surface area (Å²) in [5.41, 5.74) is 11.0. The molecule has 0 spiro atoms. The molecule has 0 aliphatic heterocycles. The molecule has 0 saturated carbocycles. The van der Waals surface area contributed by atoms with Gasteiger partial charge < -0.3 is 0 Å². The highest BCUT2D eigenvalue weighted by atomic mass is 32.1. The molecule has 86 valence electrons. The number of hydrogen-bond donors (Lipinski definition) is 0. The van der Waals surface area contributed by atoms with Crippen molar-refractivity contribution in [2.24, 2.45) is 5.11 Å². The number of thiazole rings is 1. The first-order valence-corrected chi connectivity index (χ1v) is 6.20. The number of nitrogens with zero attached hydrogens (tertiary/aromatic N) is 4. The minimum absolute atomic E-state index is 0.610. The molecule has 0 amide bonds. The summed E-state index contributed by atoms with van der Waals surface area (Å²) in [5, 5.41) is 4.57. The average Bonchev–Trinajstić information content (AvgIpc) is 2.83. The van der Waals surface area contributed by atoms with E-state index < -0.39 is 0 Å². The van der Waals surface area contributed by atoms with E-state index in [0.29, 0.717) is 5.69 Å². The van der Waals surface area contributed by atoms with Crippen molar-refractivity contribution in [2.75, 3.05) is 0 Å². The molecule has 0 aliphatic rings. The molecule has 5 heteroatoms. The van der Waals surface area contributed by atoms with Crippen molar-refractivity contribution >= 4 is 27.2 Å². The van der Waals surface area contributed by atoms with Crippen LogP contribution in [-0.2, 0) is 0 Å². The van der Waals surface area contributed by atoms with Crippen LogP contribution >= 0.6 is 11.3 Å². The van der Waals surface area contributed by atoms with E-state index in [0.717, 1.165) is 20.8 Å². The van der Waals surface area contributed by atoms with Crippen LogP contribution in [0.1, 0.15) is 0 Å². The fourth-order valence-electron chi connectivity index (χ4n) is 1.78. The first-order chi connectivity index (χ1) is 8.88. The van der Waals surface area contributed by atoms with Gasteiger partial charge in [-0.3, -0.25) is 0 Å². The van der Waals surface area contributed by atoms with Crippen molar-refractivity contribution < 1.29 is 0 Å². The predicted molar refractivity (Wildman–Crippen MR) is 73.9 cm³/mol. The molecule has 0 bridgehead atoms. The number of benzene rings is 2. The van der Waals surface area contributed by atoms with Gasteiger partial charge in [0.05, 0.1) is 10.2 Å². The minimum Gasteiger partial charge on any atom is -0.236 e. The van der Waals surface area contributed by atoms with Crippen LogP contribution in [0.15, 0.2) is 53.6 Å². The summed E-state index contributed by atoms with van der Waals surface area (Å²) in [5.74, 6) is 0. The van der Waals surface area contributed by atoms with Gasteiger partial charge in [0.1, 0.15) is 5.01 Å². The summed E-state index contributed by atoms with van der Waals surface area (Å²) in [7, 11) is 0. The van der Waals surface area contributed by atoms with E-state index in [2.05, 4.69) is 15.0 Å². The molecule has 0 fully saturated rings. The molecule has 3 aromatic rings. The zero-order chi connectivity index (χ0) is 12.4. The van der Waals surface area contributed by atoms with Crippen molar-refractivity contribution in [3.05, 3.63) is 59.0 Å². The molecule has 0 radical (unpaired) electrons.